The summed E-state index contributed by atoms with van der Waals surface area (Å²) in [5, 5.41) is 10.5. The summed E-state index contributed by atoms with van der Waals surface area (Å²) in [5.41, 5.74) is -0.272. The van der Waals surface area contributed by atoms with Crippen molar-refractivity contribution in [3.05, 3.63) is 35.5 Å². The highest BCUT2D eigenvalue weighted by atomic mass is 16.6. The van der Waals surface area contributed by atoms with Crippen molar-refractivity contribution in [3.63, 3.8) is 0 Å². The standard InChI is InChI=1S/C18H23NO5/c1-4-12-9-11(2)18(3,22)17(21)23-10-13-5-7-19-8-6-14(15(13)19)24-16(12)20/h4-5,14-15,22H,2,6-10H2,1,3H3/p+1/b12-4+/t14-,15-,18-/m1/s1. The van der Waals surface area contributed by atoms with Crippen molar-refractivity contribution in [3.8, 4) is 0 Å². The predicted octanol–water partition coefficient (Wildman–Crippen LogP) is -0.304. The minimum absolute atomic E-state index is 0.0347. The fraction of sp³-hybridized carbons (Fsp3) is 0.556. The van der Waals surface area contributed by atoms with Gasteiger partial charge in [0.05, 0.1) is 13.1 Å². The molecule has 3 aliphatic heterocycles. The van der Waals surface area contributed by atoms with Crippen molar-refractivity contribution in [1.82, 2.24) is 0 Å². The highest BCUT2D eigenvalue weighted by molar-refractivity contribution is 5.90. The third kappa shape index (κ3) is 2.80. The molecule has 0 aromatic carbocycles. The second-order valence-electron chi connectivity index (χ2n) is 6.84. The molecule has 0 aliphatic carbocycles. The van der Waals surface area contributed by atoms with E-state index in [1.54, 1.807) is 13.0 Å². The number of aliphatic hydroxyl groups is 1. The number of carbonyl (C=O) groups is 2. The van der Waals surface area contributed by atoms with E-state index in [9.17, 15) is 14.7 Å². The van der Waals surface area contributed by atoms with Gasteiger partial charge < -0.3 is 19.5 Å². The summed E-state index contributed by atoms with van der Waals surface area (Å²) in [7, 11) is 0. The second kappa shape index (κ2) is 6.18. The maximum atomic E-state index is 12.5. The van der Waals surface area contributed by atoms with Crippen LogP contribution >= 0.6 is 0 Å². The Morgan fingerprint density at radius 2 is 2.21 bits per heavy atom. The Kier molecular flexibility index (Phi) is 4.36. The molecule has 6 nitrogen and oxygen atoms in total. The first-order chi connectivity index (χ1) is 11.3. The second-order valence-corrected chi connectivity index (χ2v) is 6.84. The first-order valence-corrected chi connectivity index (χ1v) is 8.32. The highest BCUT2D eigenvalue weighted by Gasteiger charge is 2.47. The summed E-state index contributed by atoms with van der Waals surface area (Å²) in [4.78, 5) is 26.1. The number of rotatable bonds is 0. The van der Waals surface area contributed by atoms with E-state index in [1.807, 2.05) is 6.08 Å². The molecular formula is C18H24NO5+. The monoisotopic (exact) mass is 334 g/mol. The van der Waals surface area contributed by atoms with E-state index in [1.165, 1.54) is 11.8 Å². The number of ether oxygens (including phenoxy) is 2. The molecule has 0 bridgehead atoms. The first-order valence-electron chi connectivity index (χ1n) is 8.32. The van der Waals surface area contributed by atoms with Gasteiger partial charge in [-0.05, 0) is 25.5 Å². The molecule has 1 unspecified atom stereocenters. The zero-order chi connectivity index (χ0) is 17.5. The van der Waals surface area contributed by atoms with Crippen molar-refractivity contribution in [2.45, 2.75) is 44.4 Å². The van der Waals surface area contributed by atoms with Gasteiger partial charge in [0.1, 0.15) is 6.61 Å². The van der Waals surface area contributed by atoms with Gasteiger partial charge in [0.25, 0.3) is 0 Å². The van der Waals surface area contributed by atoms with E-state index in [0.29, 0.717) is 5.57 Å². The maximum Gasteiger partial charge on any atom is 0.342 e. The third-order valence-corrected chi connectivity index (χ3v) is 5.32. The Labute approximate surface area is 141 Å². The lowest BCUT2D eigenvalue weighted by molar-refractivity contribution is -0.896. The minimum Gasteiger partial charge on any atom is -0.459 e. The molecule has 3 rings (SSSR count). The van der Waals surface area contributed by atoms with Gasteiger partial charge in [-0.25, -0.2) is 9.59 Å². The Morgan fingerprint density at radius 1 is 1.46 bits per heavy atom. The molecule has 2 N–H and O–H groups in total. The van der Waals surface area contributed by atoms with Crippen LogP contribution in [0, 0.1) is 0 Å². The molecule has 3 heterocycles. The van der Waals surface area contributed by atoms with Crippen LogP contribution in [-0.4, -0.2) is 54.5 Å². The topological polar surface area (TPSA) is 77.3 Å². The van der Waals surface area contributed by atoms with Gasteiger partial charge in [0, 0.05) is 24.0 Å². The molecule has 2 saturated heterocycles. The maximum absolute atomic E-state index is 12.5. The van der Waals surface area contributed by atoms with Crippen LogP contribution in [0.25, 0.3) is 0 Å². The van der Waals surface area contributed by atoms with Crippen LogP contribution in [0.4, 0.5) is 0 Å². The molecular weight excluding hydrogens is 310 g/mol. The quantitative estimate of drug-likeness (QED) is 0.361. The Bertz CT molecular complexity index is 646. The van der Waals surface area contributed by atoms with Crippen LogP contribution in [0.15, 0.2) is 35.5 Å². The lowest BCUT2D eigenvalue weighted by Crippen LogP contribution is -3.12. The van der Waals surface area contributed by atoms with Gasteiger partial charge in [-0.1, -0.05) is 12.7 Å². The molecule has 2 fully saturated rings. The Balaban J connectivity index is 1.92. The van der Waals surface area contributed by atoms with Gasteiger partial charge in [-0.3, -0.25) is 0 Å². The Morgan fingerprint density at radius 3 is 2.92 bits per heavy atom. The molecule has 0 saturated carbocycles. The zero-order valence-electron chi connectivity index (χ0n) is 14.1. The fourth-order valence-corrected chi connectivity index (χ4v) is 3.65. The van der Waals surface area contributed by atoms with Gasteiger partial charge in [0.15, 0.2) is 17.7 Å². The van der Waals surface area contributed by atoms with Crippen LogP contribution in [0.1, 0.15) is 26.7 Å². The molecule has 130 valence electrons. The normalized spacial score (nSPS) is 38.8. The van der Waals surface area contributed by atoms with E-state index in [0.717, 1.165) is 25.1 Å². The summed E-state index contributed by atoms with van der Waals surface area (Å²) in [6.45, 7) is 8.73. The molecule has 0 amide bonds. The number of esters is 2. The Hall–Kier alpha value is -1.92. The third-order valence-electron chi connectivity index (χ3n) is 5.32. The average Bonchev–Trinajstić information content (AvgIpc) is 3.12. The summed E-state index contributed by atoms with van der Waals surface area (Å²) < 4.78 is 11.1. The summed E-state index contributed by atoms with van der Waals surface area (Å²) in [6.07, 6.45) is 4.36. The van der Waals surface area contributed by atoms with Crippen LogP contribution < -0.4 is 4.90 Å². The lowest BCUT2D eigenvalue weighted by Gasteiger charge is -2.27. The van der Waals surface area contributed by atoms with Crippen molar-refractivity contribution in [1.29, 1.82) is 0 Å². The van der Waals surface area contributed by atoms with Crippen molar-refractivity contribution in [2.24, 2.45) is 0 Å². The number of cyclic esters (lactones) is 1. The van der Waals surface area contributed by atoms with Crippen molar-refractivity contribution >= 4 is 11.9 Å². The van der Waals surface area contributed by atoms with E-state index >= 15 is 0 Å². The van der Waals surface area contributed by atoms with Gasteiger partial charge in [-0.2, -0.15) is 0 Å². The van der Waals surface area contributed by atoms with Crippen LogP contribution in [0.2, 0.25) is 0 Å². The predicted molar refractivity (Wildman–Crippen MR) is 86.2 cm³/mol. The van der Waals surface area contributed by atoms with E-state index in [4.69, 9.17) is 9.47 Å². The molecule has 0 aromatic heterocycles. The van der Waals surface area contributed by atoms with Crippen LogP contribution in [0.5, 0.6) is 0 Å². The van der Waals surface area contributed by atoms with Gasteiger partial charge in [0.2, 0.25) is 0 Å². The first kappa shape index (κ1) is 16.9. The molecule has 0 spiro atoms. The number of allylic oxidation sites excluding steroid dienone is 1. The number of nitrogens with one attached hydrogen (secondary N) is 1. The highest BCUT2D eigenvalue weighted by Crippen LogP contribution is 2.27. The van der Waals surface area contributed by atoms with E-state index in [-0.39, 0.29) is 30.7 Å². The number of quaternary nitrogens is 1. The summed E-state index contributed by atoms with van der Waals surface area (Å²) >= 11 is 0. The molecule has 24 heavy (non-hydrogen) atoms. The van der Waals surface area contributed by atoms with Crippen molar-refractivity contribution < 1.29 is 29.1 Å². The smallest absolute Gasteiger partial charge is 0.342 e. The molecule has 0 radical (unpaired) electrons. The fourth-order valence-electron chi connectivity index (χ4n) is 3.65. The molecule has 6 heteroatoms. The van der Waals surface area contributed by atoms with Crippen LogP contribution in [-0.2, 0) is 19.1 Å². The van der Waals surface area contributed by atoms with E-state index in [2.05, 4.69) is 6.58 Å². The number of hydrogen-bond acceptors (Lipinski definition) is 5. The summed E-state index contributed by atoms with van der Waals surface area (Å²) in [6, 6.07) is 0.0347. The van der Waals surface area contributed by atoms with Crippen LogP contribution in [0.3, 0.4) is 0 Å². The largest absolute Gasteiger partial charge is 0.459 e. The molecule has 4 atom stereocenters. The van der Waals surface area contributed by atoms with Gasteiger partial charge in [-0.15, -0.1) is 0 Å². The SMILES string of the molecule is C=C1C/C(=C\C)C(=O)O[C@@H]2CC[NH+]3CC=C(COC(=O)[C@]1(C)O)[C@H]23. The number of carbonyl (C=O) groups excluding carboxylic acids is 2. The van der Waals surface area contributed by atoms with Gasteiger partial charge >= 0.3 is 11.9 Å². The van der Waals surface area contributed by atoms with Crippen molar-refractivity contribution in [2.75, 3.05) is 19.7 Å². The zero-order valence-corrected chi connectivity index (χ0v) is 14.1. The molecule has 3 aliphatic rings. The minimum atomic E-state index is -1.84. The summed E-state index contributed by atoms with van der Waals surface area (Å²) in [5.74, 6) is -1.14. The van der Waals surface area contributed by atoms with E-state index < -0.39 is 17.5 Å². The average molecular weight is 334 g/mol. The lowest BCUT2D eigenvalue weighted by atomic mass is 9.91. The molecule has 0 aromatic rings. The number of hydrogen-bond donors (Lipinski definition) is 2.